The van der Waals surface area contributed by atoms with Crippen molar-refractivity contribution in [1.29, 1.82) is 0 Å². The first-order chi connectivity index (χ1) is 12.7. The van der Waals surface area contributed by atoms with Gasteiger partial charge in [-0.25, -0.2) is 0 Å². The first-order valence-electron chi connectivity index (χ1n) is 9.86. The van der Waals surface area contributed by atoms with Crippen molar-refractivity contribution in [2.75, 3.05) is 6.61 Å². The average molecular weight is 387 g/mol. The van der Waals surface area contributed by atoms with Crippen molar-refractivity contribution in [2.24, 2.45) is 0 Å². The van der Waals surface area contributed by atoms with Gasteiger partial charge in [0.15, 0.2) is 0 Å². The summed E-state index contributed by atoms with van der Waals surface area (Å²) < 4.78 is 6.77. The molecule has 27 heavy (non-hydrogen) atoms. The fourth-order valence-corrected chi connectivity index (χ4v) is 8.43. The van der Waals surface area contributed by atoms with Gasteiger partial charge in [-0.1, -0.05) is 95.3 Å². The summed E-state index contributed by atoms with van der Waals surface area (Å²) >= 11 is 0. The Hall–Kier alpha value is -1.46. The van der Waals surface area contributed by atoms with Crippen LogP contribution in [0.5, 0.6) is 0 Å². The SMILES string of the molecule is CCC(O)[C@](O)(CC)CO[Si](c1ccccc1)(c1ccccc1)C(C)(C)C. The minimum Gasteiger partial charge on any atom is -0.404 e. The zero-order valence-electron chi connectivity index (χ0n) is 17.3. The van der Waals surface area contributed by atoms with E-state index in [1.807, 2.05) is 50.2 Å². The lowest BCUT2D eigenvalue weighted by molar-refractivity contribution is -0.104. The van der Waals surface area contributed by atoms with Crippen molar-refractivity contribution >= 4 is 18.7 Å². The minimum atomic E-state index is -2.71. The molecular weight excluding hydrogens is 352 g/mol. The fraction of sp³-hybridized carbons (Fsp3) is 0.478. The van der Waals surface area contributed by atoms with Crippen LogP contribution in [0.15, 0.2) is 60.7 Å². The van der Waals surface area contributed by atoms with E-state index in [2.05, 4.69) is 45.0 Å². The van der Waals surface area contributed by atoms with E-state index in [1.54, 1.807) is 0 Å². The molecule has 0 aromatic heterocycles. The van der Waals surface area contributed by atoms with E-state index in [0.29, 0.717) is 12.8 Å². The van der Waals surface area contributed by atoms with Gasteiger partial charge in [0.1, 0.15) is 5.60 Å². The molecule has 0 fully saturated rings. The van der Waals surface area contributed by atoms with Crippen LogP contribution >= 0.6 is 0 Å². The number of rotatable bonds is 8. The molecule has 0 radical (unpaired) electrons. The molecule has 0 spiro atoms. The van der Waals surface area contributed by atoms with E-state index < -0.39 is 20.0 Å². The molecule has 3 nitrogen and oxygen atoms in total. The Balaban J connectivity index is 2.59. The van der Waals surface area contributed by atoms with Gasteiger partial charge in [0.05, 0.1) is 12.7 Å². The van der Waals surface area contributed by atoms with Crippen LogP contribution in [0.1, 0.15) is 47.5 Å². The highest BCUT2D eigenvalue weighted by Gasteiger charge is 2.51. The standard InChI is InChI=1S/C23H34O3Si/c1-6-21(24)23(25,7-2)18-26-27(22(3,4)5,19-14-10-8-11-15-19)20-16-12-9-13-17-20/h8-17,21,24-25H,6-7,18H2,1-5H3/t21?,23-/m0/s1. The van der Waals surface area contributed by atoms with Crippen molar-refractivity contribution in [1.82, 2.24) is 0 Å². The largest absolute Gasteiger partial charge is 0.404 e. The minimum absolute atomic E-state index is 0.117. The molecule has 2 rings (SSSR count). The molecule has 4 heteroatoms. The Labute approximate surface area is 165 Å². The fourth-order valence-electron chi connectivity index (χ4n) is 3.81. The van der Waals surface area contributed by atoms with E-state index >= 15 is 0 Å². The molecule has 1 unspecified atom stereocenters. The van der Waals surface area contributed by atoms with Gasteiger partial charge in [0.2, 0.25) is 0 Å². The Bertz CT molecular complexity index is 657. The van der Waals surface area contributed by atoms with E-state index in [4.69, 9.17) is 4.43 Å². The topological polar surface area (TPSA) is 49.7 Å². The third kappa shape index (κ3) is 4.35. The van der Waals surface area contributed by atoms with Crippen LogP contribution in [0.2, 0.25) is 5.04 Å². The first kappa shape index (κ1) is 21.8. The first-order valence-corrected chi connectivity index (χ1v) is 11.8. The van der Waals surface area contributed by atoms with Crippen LogP contribution in [-0.2, 0) is 4.43 Å². The molecule has 0 aliphatic heterocycles. The van der Waals surface area contributed by atoms with Crippen LogP contribution in [0.3, 0.4) is 0 Å². The molecular formula is C23H34O3Si. The van der Waals surface area contributed by atoms with Crippen LogP contribution in [0.4, 0.5) is 0 Å². The Kier molecular flexibility index (Phi) is 7.03. The monoisotopic (exact) mass is 386 g/mol. The van der Waals surface area contributed by atoms with Gasteiger partial charge >= 0.3 is 0 Å². The van der Waals surface area contributed by atoms with Gasteiger partial charge in [-0.15, -0.1) is 0 Å². The third-order valence-corrected chi connectivity index (χ3v) is 10.6. The Morgan fingerprint density at radius 1 is 0.889 bits per heavy atom. The molecule has 0 saturated heterocycles. The summed E-state index contributed by atoms with van der Waals surface area (Å²) in [4.78, 5) is 0. The second-order valence-electron chi connectivity index (χ2n) is 8.33. The van der Waals surface area contributed by atoms with Crippen molar-refractivity contribution in [3.05, 3.63) is 60.7 Å². The van der Waals surface area contributed by atoms with E-state index in [0.717, 1.165) is 0 Å². The molecule has 0 aliphatic carbocycles. The van der Waals surface area contributed by atoms with Gasteiger partial charge in [-0.05, 0) is 28.3 Å². The molecule has 2 aromatic rings. The zero-order chi connectivity index (χ0) is 20.1. The predicted molar refractivity (Wildman–Crippen MR) is 115 cm³/mol. The van der Waals surface area contributed by atoms with Crippen LogP contribution in [-0.4, -0.2) is 36.8 Å². The molecule has 0 aliphatic rings. The van der Waals surface area contributed by atoms with Crippen molar-refractivity contribution in [2.45, 2.75) is 64.2 Å². The lowest BCUT2D eigenvalue weighted by atomic mass is 9.93. The third-order valence-electron chi connectivity index (χ3n) is 5.57. The molecule has 148 valence electrons. The zero-order valence-corrected chi connectivity index (χ0v) is 18.3. The van der Waals surface area contributed by atoms with Gasteiger partial charge in [0.25, 0.3) is 8.32 Å². The van der Waals surface area contributed by atoms with Crippen LogP contribution in [0, 0.1) is 0 Å². The summed E-state index contributed by atoms with van der Waals surface area (Å²) in [6, 6.07) is 20.7. The molecule has 0 bridgehead atoms. The van der Waals surface area contributed by atoms with E-state index in [-0.39, 0.29) is 11.6 Å². The average Bonchev–Trinajstić information content (AvgIpc) is 2.68. The maximum atomic E-state index is 11.1. The Morgan fingerprint density at radius 2 is 1.33 bits per heavy atom. The summed E-state index contributed by atoms with van der Waals surface area (Å²) in [6.45, 7) is 10.5. The summed E-state index contributed by atoms with van der Waals surface area (Å²) in [5.41, 5.74) is -1.25. The van der Waals surface area contributed by atoms with Gasteiger partial charge in [-0.3, -0.25) is 0 Å². The van der Waals surface area contributed by atoms with Gasteiger partial charge in [-0.2, -0.15) is 0 Å². The summed E-state index contributed by atoms with van der Waals surface area (Å²) in [6.07, 6.45) is 0.134. The van der Waals surface area contributed by atoms with Crippen LogP contribution in [0.25, 0.3) is 0 Å². The number of hydrogen-bond donors (Lipinski definition) is 2. The number of hydrogen-bond acceptors (Lipinski definition) is 3. The second-order valence-corrected chi connectivity index (χ2v) is 12.6. The van der Waals surface area contributed by atoms with Gasteiger partial charge < -0.3 is 14.6 Å². The van der Waals surface area contributed by atoms with Crippen molar-refractivity contribution in [3.8, 4) is 0 Å². The molecule has 2 N–H and O–H groups in total. The molecule has 0 heterocycles. The number of aliphatic hydroxyl groups excluding tert-OH is 1. The highest BCUT2D eigenvalue weighted by molar-refractivity contribution is 6.99. The summed E-state index contributed by atoms with van der Waals surface area (Å²) in [5, 5.41) is 23.7. The lowest BCUT2D eigenvalue weighted by Crippen LogP contribution is -2.68. The summed E-state index contributed by atoms with van der Waals surface area (Å²) in [5.74, 6) is 0. The van der Waals surface area contributed by atoms with E-state index in [1.165, 1.54) is 10.4 Å². The highest BCUT2D eigenvalue weighted by Crippen LogP contribution is 2.37. The van der Waals surface area contributed by atoms with E-state index in [9.17, 15) is 10.2 Å². The molecule has 2 aromatic carbocycles. The number of aliphatic hydroxyl groups is 2. The molecule has 2 atom stereocenters. The molecule has 0 saturated carbocycles. The summed E-state index contributed by atoms with van der Waals surface area (Å²) in [7, 11) is -2.71. The van der Waals surface area contributed by atoms with Crippen LogP contribution < -0.4 is 10.4 Å². The Morgan fingerprint density at radius 3 is 1.67 bits per heavy atom. The quantitative estimate of drug-likeness (QED) is 0.683. The predicted octanol–water partition coefficient (Wildman–Crippen LogP) is 3.48. The second kappa shape index (κ2) is 8.70. The molecule has 0 amide bonds. The van der Waals surface area contributed by atoms with Crippen molar-refractivity contribution < 1.29 is 14.6 Å². The highest BCUT2D eigenvalue weighted by atomic mass is 28.4. The maximum absolute atomic E-state index is 11.1. The lowest BCUT2D eigenvalue weighted by Gasteiger charge is -2.45. The number of benzene rings is 2. The maximum Gasteiger partial charge on any atom is 0.261 e. The van der Waals surface area contributed by atoms with Gasteiger partial charge in [0, 0.05) is 0 Å². The van der Waals surface area contributed by atoms with Crippen molar-refractivity contribution in [3.63, 3.8) is 0 Å². The normalized spacial score (nSPS) is 16.0. The smallest absolute Gasteiger partial charge is 0.261 e.